The molecule has 0 saturated carbocycles. The number of anilines is 2. The maximum absolute atomic E-state index is 5.62. The van der Waals surface area contributed by atoms with E-state index in [4.69, 9.17) is 12.2 Å². The highest BCUT2D eigenvalue weighted by atomic mass is 32.1. The molecule has 2 aromatic carbocycles. The first-order chi connectivity index (χ1) is 12.5. The van der Waals surface area contributed by atoms with Crippen molar-refractivity contribution in [3.8, 4) is 0 Å². The number of hydrogen-bond donors (Lipinski definition) is 1. The van der Waals surface area contributed by atoms with Crippen LogP contribution in [0.3, 0.4) is 0 Å². The molecular weight excluding hydrogens is 338 g/mol. The van der Waals surface area contributed by atoms with Crippen molar-refractivity contribution >= 4 is 28.7 Å². The average Bonchev–Trinajstić information content (AvgIpc) is 3.17. The van der Waals surface area contributed by atoms with Crippen LogP contribution in [0.15, 0.2) is 48.5 Å². The summed E-state index contributed by atoms with van der Waals surface area (Å²) in [6, 6.07) is 17.2. The quantitative estimate of drug-likeness (QED) is 0.728. The van der Waals surface area contributed by atoms with Crippen molar-refractivity contribution in [2.45, 2.75) is 39.2 Å². The molecule has 1 saturated heterocycles. The number of nitrogens with one attached hydrogen (secondary N) is 1. The van der Waals surface area contributed by atoms with Crippen LogP contribution < -0.4 is 10.2 Å². The van der Waals surface area contributed by atoms with E-state index < -0.39 is 0 Å². The van der Waals surface area contributed by atoms with E-state index in [0.29, 0.717) is 5.92 Å². The zero-order valence-corrected chi connectivity index (χ0v) is 16.9. The molecule has 3 rings (SSSR count). The molecule has 138 valence electrons. The standard InChI is InChI=1S/C22H29N3S/c1-17(2)18-10-12-20(13-11-18)23-22(26)24(3)16-19-8-4-5-9-21(19)25-14-6-7-15-25/h4-5,8-13,17H,6-7,14-16H2,1-3H3,(H,23,26). The molecule has 1 N–H and O–H groups in total. The first kappa shape index (κ1) is 18.7. The van der Waals surface area contributed by atoms with Crippen molar-refractivity contribution in [2.75, 3.05) is 30.4 Å². The number of hydrogen-bond acceptors (Lipinski definition) is 2. The Morgan fingerprint density at radius 3 is 2.38 bits per heavy atom. The van der Waals surface area contributed by atoms with Crippen LogP contribution >= 0.6 is 12.2 Å². The minimum atomic E-state index is 0.542. The maximum Gasteiger partial charge on any atom is 0.173 e. The second-order valence-corrected chi connectivity index (χ2v) is 7.77. The minimum absolute atomic E-state index is 0.542. The van der Waals surface area contributed by atoms with Gasteiger partial charge in [-0.15, -0.1) is 0 Å². The molecule has 3 nitrogen and oxygen atoms in total. The van der Waals surface area contributed by atoms with Gasteiger partial charge in [0.2, 0.25) is 0 Å². The molecule has 0 atom stereocenters. The molecule has 1 aliphatic rings. The molecule has 0 spiro atoms. The number of para-hydroxylation sites is 1. The molecule has 0 bridgehead atoms. The van der Waals surface area contributed by atoms with Gasteiger partial charge in [0.15, 0.2) is 5.11 Å². The zero-order chi connectivity index (χ0) is 18.5. The van der Waals surface area contributed by atoms with Gasteiger partial charge in [0.05, 0.1) is 0 Å². The lowest BCUT2D eigenvalue weighted by Crippen LogP contribution is -2.31. The summed E-state index contributed by atoms with van der Waals surface area (Å²) in [5.74, 6) is 0.542. The predicted molar refractivity (Wildman–Crippen MR) is 116 cm³/mol. The van der Waals surface area contributed by atoms with Crippen molar-refractivity contribution in [3.05, 3.63) is 59.7 Å². The van der Waals surface area contributed by atoms with E-state index >= 15 is 0 Å². The monoisotopic (exact) mass is 367 g/mol. The Bertz CT molecular complexity index is 733. The van der Waals surface area contributed by atoms with Gasteiger partial charge in [0, 0.05) is 38.1 Å². The van der Waals surface area contributed by atoms with Crippen LogP contribution in [0.1, 0.15) is 43.7 Å². The second kappa shape index (κ2) is 8.54. The van der Waals surface area contributed by atoms with Crippen molar-refractivity contribution in [2.24, 2.45) is 0 Å². The first-order valence-electron chi connectivity index (χ1n) is 9.49. The summed E-state index contributed by atoms with van der Waals surface area (Å²) in [6.45, 7) is 7.54. The molecule has 2 aromatic rings. The molecule has 0 unspecified atom stereocenters. The van der Waals surface area contributed by atoms with Crippen molar-refractivity contribution in [1.29, 1.82) is 0 Å². The Kier molecular flexibility index (Phi) is 6.15. The van der Waals surface area contributed by atoms with Crippen molar-refractivity contribution in [3.63, 3.8) is 0 Å². The molecule has 4 heteroatoms. The highest BCUT2D eigenvalue weighted by Gasteiger charge is 2.16. The van der Waals surface area contributed by atoms with Crippen LogP contribution in [0.5, 0.6) is 0 Å². The van der Waals surface area contributed by atoms with Gasteiger partial charge in [0.25, 0.3) is 0 Å². The topological polar surface area (TPSA) is 18.5 Å². The first-order valence-corrected chi connectivity index (χ1v) is 9.90. The second-order valence-electron chi connectivity index (χ2n) is 7.39. The van der Waals surface area contributed by atoms with E-state index in [2.05, 4.69) is 84.5 Å². The molecule has 1 fully saturated rings. The average molecular weight is 368 g/mol. The van der Waals surface area contributed by atoms with E-state index in [-0.39, 0.29) is 0 Å². The Labute approximate surface area is 163 Å². The summed E-state index contributed by atoms with van der Waals surface area (Å²) in [7, 11) is 2.05. The third kappa shape index (κ3) is 4.55. The van der Waals surface area contributed by atoms with Gasteiger partial charge >= 0.3 is 0 Å². The predicted octanol–water partition coefficient (Wildman–Crippen LogP) is 5.24. The number of thiocarbonyl (C=S) groups is 1. The summed E-state index contributed by atoms with van der Waals surface area (Å²) in [5.41, 5.74) is 5.06. The van der Waals surface area contributed by atoms with Crippen molar-refractivity contribution < 1.29 is 0 Å². The summed E-state index contributed by atoms with van der Waals surface area (Å²) in [5, 5.41) is 4.11. The van der Waals surface area contributed by atoms with Gasteiger partial charge in [-0.2, -0.15) is 0 Å². The molecule has 0 aliphatic carbocycles. The van der Waals surface area contributed by atoms with Crippen LogP contribution in [0, 0.1) is 0 Å². The van der Waals surface area contributed by atoms with Crippen LogP contribution in [0.2, 0.25) is 0 Å². The maximum atomic E-state index is 5.62. The zero-order valence-electron chi connectivity index (χ0n) is 16.0. The van der Waals surface area contributed by atoms with Crippen LogP contribution in [-0.4, -0.2) is 30.1 Å². The Morgan fingerprint density at radius 2 is 1.73 bits per heavy atom. The number of benzene rings is 2. The van der Waals surface area contributed by atoms with Crippen molar-refractivity contribution in [1.82, 2.24) is 4.90 Å². The fourth-order valence-electron chi connectivity index (χ4n) is 3.41. The van der Waals surface area contributed by atoms with E-state index in [0.717, 1.165) is 30.4 Å². The Morgan fingerprint density at radius 1 is 1.08 bits per heavy atom. The third-order valence-corrected chi connectivity index (χ3v) is 5.43. The van der Waals surface area contributed by atoms with E-state index in [1.807, 2.05) is 0 Å². The lowest BCUT2D eigenvalue weighted by atomic mass is 10.0. The fourth-order valence-corrected chi connectivity index (χ4v) is 3.59. The lowest BCUT2D eigenvalue weighted by Gasteiger charge is -2.26. The van der Waals surface area contributed by atoms with E-state index in [9.17, 15) is 0 Å². The summed E-state index contributed by atoms with van der Waals surface area (Å²) in [6.07, 6.45) is 2.58. The fraction of sp³-hybridized carbons (Fsp3) is 0.409. The minimum Gasteiger partial charge on any atom is -0.371 e. The molecule has 26 heavy (non-hydrogen) atoms. The van der Waals surface area contributed by atoms with Gasteiger partial charge in [-0.3, -0.25) is 0 Å². The van der Waals surface area contributed by atoms with E-state index in [1.165, 1.54) is 29.7 Å². The van der Waals surface area contributed by atoms with Crippen LogP contribution in [0.4, 0.5) is 11.4 Å². The molecule has 0 radical (unpaired) electrons. The smallest absolute Gasteiger partial charge is 0.173 e. The molecule has 0 aromatic heterocycles. The lowest BCUT2D eigenvalue weighted by molar-refractivity contribution is 0.508. The Hall–Kier alpha value is -2.07. The highest BCUT2D eigenvalue weighted by Crippen LogP contribution is 2.25. The summed E-state index contributed by atoms with van der Waals surface area (Å²) in [4.78, 5) is 4.60. The summed E-state index contributed by atoms with van der Waals surface area (Å²) < 4.78 is 0. The van der Waals surface area contributed by atoms with Gasteiger partial charge in [-0.05, 0) is 60.3 Å². The molecular formula is C22H29N3S. The van der Waals surface area contributed by atoms with Gasteiger partial charge in [-0.1, -0.05) is 44.2 Å². The largest absolute Gasteiger partial charge is 0.371 e. The van der Waals surface area contributed by atoms with E-state index in [1.54, 1.807) is 0 Å². The third-order valence-electron chi connectivity index (χ3n) is 5.02. The summed E-state index contributed by atoms with van der Waals surface area (Å²) >= 11 is 5.62. The molecule has 1 heterocycles. The van der Waals surface area contributed by atoms with Gasteiger partial charge in [0.1, 0.15) is 0 Å². The number of nitrogens with zero attached hydrogens (tertiary/aromatic N) is 2. The highest BCUT2D eigenvalue weighted by molar-refractivity contribution is 7.80. The van der Waals surface area contributed by atoms with Crippen LogP contribution in [0.25, 0.3) is 0 Å². The molecule has 0 amide bonds. The number of rotatable bonds is 5. The van der Waals surface area contributed by atoms with Crippen LogP contribution in [-0.2, 0) is 6.54 Å². The van der Waals surface area contributed by atoms with Gasteiger partial charge < -0.3 is 15.1 Å². The van der Waals surface area contributed by atoms with Gasteiger partial charge in [-0.25, -0.2) is 0 Å². The Balaban J connectivity index is 1.64. The normalized spacial score (nSPS) is 13.9. The molecule has 1 aliphatic heterocycles. The SMILES string of the molecule is CC(C)c1ccc(NC(=S)N(C)Cc2ccccc2N2CCCC2)cc1.